The zero-order valence-corrected chi connectivity index (χ0v) is 13.1. The Kier molecular flexibility index (Phi) is 4.51. The predicted molar refractivity (Wildman–Crippen MR) is 84.7 cm³/mol. The number of hydrogen-bond acceptors (Lipinski definition) is 3. The summed E-state index contributed by atoms with van der Waals surface area (Å²) >= 11 is 0. The van der Waals surface area contributed by atoms with Crippen molar-refractivity contribution in [2.24, 2.45) is 0 Å². The summed E-state index contributed by atoms with van der Waals surface area (Å²) in [6.45, 7) is 4.05. The number of benzene rings is 2. The SMILES string of the molecule is CC(C)c1cccc(NS(=O)(=O)c2ccc(C(=O)O)cc2)c1. The second kappa shape index (κ2) is 6.19. The monoisotopic (exact) mass is 319 g/mol. The topological polar surface area (TPSA) is 83.5 Å². The van der Waals surface area contributed by atoms with Crippen molar-refractivity contribution >= 4 is 21.7 Å². The molecule has 116 valence electrons. The highest BCUT2D eigenvalue weighted by atomic mass is 32.2. The van der Waals surface area contributed by atoms with Gasteiger partial charge in [0, 0.05) is 5.69 Å². The Bertz CT molecular complexity index is 780. The molecule has 6 heteroatoms. The Balaban J connectivity index is 2.27. The van der Waals surface area contributed by atoms with E-state index in [0.29, 0.717) is 11.6 Å². The smallest absolute Gasteiger partial charge is 0.335 e. The highest BCUT2D eigenvalue weighted by Crippen LogP contribution is 2.21. The second-order valence-corrected chi connectivity index (χ2v) is 6.90. The van der Waals surface area contributed by atoms with Gasteiger partial charge in [-0.25, -0.2) is 13.2 Å². The van der Waals surface area contributed by atoms with Crippen LogP contribution in [-0.2, 0) is 10.0 Å². The molecule has 0 aromatic heterocycles. The summed E-state index contributed by atoms with van der Waals surface area (Å²) < 4.78 is 27.1. The molecule has 2 N–H and O–H groups in total. The molecule has 0 unspecified atom stereocenters. The highest BCUT2D eigenvalue weighted by molar-refractivity contribution is 7.92. The molecule has 0 bridgehead atoms. The Hall–Kier alpha value is -2.34. The van der Waals surface area contributed by atoms with Crippen molar-refractivity contribution in [3.8, 4) is 0 Å². The van der Waals surface area contributed by atoms with Gasteiger partial charge in [-0.3, -0.25) is 4.72 Å². The molecule has 0 aliphatic carbocycles. The second-order valence-electron chi connectivity index (χ2n) is 5.22. The van der Waals surface area contributed by atoms with E-state index in [2.05, 4.69) is 4.72 Å². The first-order chi connectivity index (χ1) is 10.3. The Morgan fingerprint density at radius 1 is 1.09 bits per heavy atom. The molecule has 0 spiro atoms. The largest absolute Gasteiger partial charge is 0.478 e. The maximum absolute atomic E-state index is 12.3. The molecule has 0 radical (unpaired) electrons. The fourth-order valence-electron chi connectivity index (χ4n) is 1.95. The normalized spacial score (nSPS) is 11.4. The molecule has 0 atom stereocenters. The van der Waals surface area contributed by atoms with Gasteiger partial charge < -0.3 is 5.11 Å². The maximum Gasteiger partial charge on any atom is 0.335 e. The van der Waals surface area contributed by atoms with E-state index in [0.717, 1.165) is 5.56 Å². The zero-order valence-electron chi connectivity index (χ0n) is 12.3. The molecule has 0 fully saturated rings. The van der Waals surface area contributed by atoms with Gasteiger partial charge in [-0.05, 0) is 47.9 Å². The van der Waals surface area contributed by atoms with Crippen molar-refractivity contribution in [1.29, 1.82) is 0 Å². The third kappa shape index (κ3) is 3.65. The molecule has 0 saturated carbocycles. The lowest BCUT2D eigenvalue weighted by molar-refractivity contribution is 0.0696. The van der Waals surface area contributed by atoms with Crippen LogP contribution in [0.4, 0.5) is 5.69 Å². The summed E-state index contributed by atoms with van der Waals surface area (Å²) in [5.41, 5.74) is 1.55. The Morgan fingerprint density at radius 3 is 2.27 bits per heavy atom. The summed E-state index contributed by atoms with van der Waals surface area (Å²) in [6.07, 6.45) is 0. The van der Waals surface area contributed by atoms with Crippen molar-refractivity contribution in [1.82, 2.24) is 0 Å². The minimum Gasteiger partial charge on any atom is -0.478 e. The van der Waals surface area contributed by atoms with Crippen LogP contribution in [0.15, 0.2) is 53.4 Å². The number of hydrogen-bond donors (Lipinski definition) is 2. The molecule has 0 aliphatic rings. The zero-order chi connectivity index (χ0) is 16.3. The van der Waals surface area contributed by atoms with E-state index >= 15 is 0 Å². The van der Waals surface area contributed by atoms with Crippen molar-refractivity contribution in [3.05, 3.63) is 59.7 Å². The van der Waals surface area contributed by atoms with E-state index in [1.54, 1.807) is 18.2 Å². The third-order valence-corrected chi connectivity index (χ3v) is 4.61. The molecule has 2 aromatic carbocycles. The highest BCUT2D eigenvalue weighted by Gasteiger charge is 2.15. The van der Waals surface area contributed by atoms with Crippen LogP contribution in [0, 0.1) is 0 Å². The van der Waals surface area contributed by atoms with Crippen molar-refractivity contribution in [3.63, 3.8) is 0 Å². The van der Waals surface area contributed by atoms with Crippen LogP contribution in [0.1, 0.15) is 35.7 Å². The van der Waals surface area contributed by atoms with Gasteiger partial charge in [-0.2, -0.15) is 0 Å². The lowest BCUT2D eigenvalue weighted by Gasteiger charge is -2.11. The standard InChI is InChI=1S/C16H17NO4S/c1-11(2)13-4-3-5-14(10-13)17-22(20,21)15-8-6-12(7-9-15)16(18)19/h3-11,17H,1-2H3,(H,18,19). The van der Waals surface area contributed by atoms with Crippen LogP contribution in [0.5, 0.6) is 0 Å². The van der Waals surface area contributed by atoms with E-state index in [4.69, 9.17) is 5.11 Å². The molecule has 2 aromatic rings. The molecule has 5 nitrogen and oxygen atoms in total. The average Bonchev–Trinajstić information content (AvgIpc) is 2.47. The minimum absolute atomic E-state index is 0.0208. The fraction of sp³-hybridized carbons (Fsp3) is 0.188. The first-order valence-corrected chi connectivity index (χ1v) is 8.24. The molecule has 2 rings (SSSR count). The summed E-state index contributed by atoms with van der Waals surface area (Å²) in [5.74, 6) is -0.805. The molecule has 22 heavy (non-hydrogen) atoms. The Morgan fingerprint density at radius 2 is 1.73 bits per heavy atom. The summed E-state index contributed by atoms with van der Waals surface area (Å²) in [7, 11) is -3.74. The van der Waals surface area contributed by atoms with Crippen molar-refractivity contribution < 1.29 is 18.3 Å². The van der Waals surface area contributed by atoms with Gasteiger partial charge in [0.05, 0.1) is 10.5 Å². The molecular weight excluding hydrogens is 302 g/mol. The van der Waals surface area contributed by atoms with Crippen LogP contribution in [0.25, 0.3) is 0 Å². The van der Waals surface area contributed by atoms with Crippen LogP contribution < -0.4 is 4.72 Å². The van der Waals surface area contributed by atoms with Crippen LogP contribution >= 0.6 is 0 Å². The number of aromatic carboxylic acids is 1. The first-order valence-electron chi connectivity index (χ1n) is 6.76. The molecular formula is C16H17NO4S. The number of nitrogens with one attached hydrogen (secondary N) is 1. The fourth-order valence-corrected chi connectivity index (χ4v) is 3.00. The number of carboxylic acid groups (broad SMARTS) is 1. The van der Waals surface area contributed by atoms with Gasteiger partial charge in [0.25, 0.3) is 10.0 Å². The van der Waals surface area contributed by atoms with Gasteiger partial charge in [0.15, 0.2) is 0 Å². The molecule has 0 amide bonds. The van der Waals surface area contributed by atoms with Gasteiger partial charge in [-0.15, -0.1) is 0 Å². The quantitative estimate of drug-likeness (QED) is 0.885. The maximum atomic E-state index is 12.3. The third-order valence-electron chi connectivity index (χ3n) is 3.22. The number of rotatable bonds is 5. The van der Waals surface area contributed by atoms with E-state index < -0.39 is 16.0 Å². The lowest BCUT2D eigenvalue weighted by Crippen LogP contribution is -2.13. The summed E-state index contributed by atoms with van der Waals surface area (Å²) in [5, 5.41) is 8.83. The summed E-state index contributed by atoms with van der Waals surface area (Å²) in [4.78, 5) is 10.8. The number of sulfonamides is 1. The van der Waals surface area contributed by atoms with Crippen LogP contribution in [0.2, 0.25) is 0 Å². The minimum atomic E-state index is -3.74. The van der Waals surface area contributed by atoms with E-state index in [1.165, 1.54) is 24.3 Å². The van der Waals surface area contributed by atoms with E-state index in [1.807, 2.05) is 19.9 Å². The molecule has 0 saturated heterocycles. The summed E-state index contributed by atoms with van der Waals surface area (Å²) in [6, 6.07) is 12.3. The van der Waals surface area contributed by atoms with Crippen molar-refractivity contribution in [2.45, 2.75) is 24.7 Å². The number of anilines is 1. The van der Waals surface area contributed by atoms with Crippen LogP contribution in [-0.4, -0.2) is 19.5 Å². The number of carbonyl (C=O) groups is 1. The Labute approximate surface area is 129 Å². The van der Waals surface area contributed by atoms with Gasteiger partial charge >= 0.3 is 5.97 Å². The molecule has 0 heterocycles. The first kappa shape index (κ1) is 16.0. The van der Waals surface area contributed by atoms with Gasteiger partial charge in [0.2, 0.25) is 0 Å². The lowest BCUT2D eigenvalue weighted by atomic mass is 10.0. The number of carboxylic acids is 1. The van der Waals surface area contributed by atoms with Gasteiger partial charge in [-0.1, -0.05) is 26.0 Å². The van der Waals surface area contributed by atoms with E-state index in [9.17, 15) is 13.2 Å². The molecule has 0 aliphatic heterocycles. The average molecular weight is 319 g/mol. The van der Waals surface area contributed by atoms with Gasteiger partial charge in [0.1, 0.15) is 0 Å². The predicted octanol–water partition coefficient (Wildman–Crippen LogP) is 3.31. The van der Waals surface area contributed by atoms with Crippen LogP contribution in [0.3, 0.4) is 0 Å². The van der Waals surface area contributed by atoms with Crippen molar-refractivity contribution in [2.75, 3.05) is 4.72 Å². The van der Waals surface area contributed by atoms with E-state index in [-0.39, 0.29) is 10.5 Å².